The summed E-state index contributed by atoms with van der Waals surface area (Å²) in [7, 11) is 3.09. The number of nitrogens with two attached hydrogens (primary N) is 1. The Labute approximate surface area is 106 Å². The van der Waals surface area contributed by atoms with Gasteiger partial charge < -0.3 is 20.5 Å². The van der Waals surface area contributed by atoms with E-state index in [1.165, 1.54) is 19.2 Å². The van der Waals surface area contributed by atoms with Crippen molar-refractivity contribution in [1.29, 1.82) is 0 Å². The predicted octanol–water partition coefficient (Wildman–Crippen LogP) is 0.885. The molecule has 0 atom stereocenters. The maximum Gasteiger partial charge on any atom is 0.188 e. The molecule has 0 saturated heterocycles. The molecule has 0 aliphatic heterocycles. The molecule has 0 saturated carbocycles. The lowest BCUT2D eigenvalue weighted by Crippen LogP contribution is -2.34. The fourth-order valence-corrected chi connectivity index (χ4v) is 1.34. The summed E-state index contributed by atoms with van der Waals surface area (Å²) in [6.45, 7) is 1.42. The van der Waals surface area contributed by atoms with Gasteiger partial charge in [-0.2, -0.15) is 0 Å². The second-order valence-electron chi connectivity index (χ2n) is 3.62. The van der Waals surface area contributed by atoms with Gasteiger partial charge in [0.2, 0.25) is 0 Å². The number of benzene rings is 1. The highest BCUT2D eigenvalue weighted by Crippen LogP contribution is 2.16. The molecule has 0 spiro atoms. The van der Waals surface area contributed by atoms with E-state index >= 15 is 0 Å². The Bertz CT molecular complexity index is 410. The number of halogens is 1. The first-order valence-corrected chi connectivity index (χ1v) is 5.52. The second-order valence-corrected chi connectivity index (χ2v) is 3.62. The van der Waals surface area contributed by atoms with Crippen molar-refractivity contribution < 1.29 is 13.9 Å². The standard InChI is InChI=1S/C12H18FN3O2/c1-17-4-3-15-12(14)16-8-9-5-10(13)7-11(6-9)18-2/h5-7H,3-4,8H2,1-2H3,(H3,14,15,16). The summed E-state index contributed by atoms with van der Waals surface area (Å²) < 4.78 is 23.0. The number of methoxy groups -OCH3 is 2. The normalized spacial score (nSPS) is 11.4. The number of ether oxygens (including phenoxy) is 2. The lowest BCUT2D eigenvalue weighted by atomic mass is 10.2. The second kappa shape index (κ2) is 7.50. The van der Waals surface area contributed by atoms with Gasteiger partial charge in [-0.15, -0.1) is 0 Å². The summed E-state index contributed by atoms with van der Waals surface area (Å²) in [5.41, 5.74) is 6.33. The molecule has 0 fully saturated rings. The minimum Gasteiger partial charge on any atom is -0.497 e. The molecule has 1 rings (SSSR count). The van der Waals surface area contributed by atoms with E-state index in [2.05, 4.69) is 10.3 Å². The van der Waals surface area contributed by atoms with Gasteiger partial charge in [0.05, 0.1) is 20.3 Å². The highest BCUT2D eigenvalue weighted by atomic mass is 19.1. The quantitative estimate of drug-likeness (QED) is 0.450. The highest BCUT2D eigenvalue weighted by Gasteiger charge is 2.00. The van der Waals surface area contributed by atoms with E-state index in [1.807, 2.05) is 0 Å². The summed E-state index contributed by atoms with van der Waals surface area (Å²) in [4.78, 5) is 4.09. The molecule has 0 unspecified atom stereocenters. The van der Waals surface area contributed by atoms with E-state index < -0.39 is 0 Å². The molecule has 1 aromatic rings. The van der Waals surface area contributed by atoms with Crippen molar-refractivity contribution in [1.82, 2.24) is 5.32 Å². The molecule has 0 heterocycles. The maximum atomic E-state index is 13.2. The van der Waals surface area contributed by atoms with Crippen LogP contribution in [0.2, 0.25) is 0 Å². The summed E-state index contributed by atoms with van der Waals surface area (Å²) in [6, 6.07) is 4.43. The Morgan fingerprint density at radius 1 is 1.39 bits per heavy atom. The zero-order chi connectivity index (χ0) is 13.4. The van der Waals surface area contributed by atoms with E-state index in [9.17, 15) is 4.39 Å². The minimum absolute atomic E-state index is 0.292. The number of nitrogens with one attached hydrogen (secondary N) is 1. The van der Waals surface area contributed by atoms with Gasteiger partial charge in [0.1, 0.15) is 11.6 Å². The van der Waals surface area contributed by atoms with Gasteiger partial charge in [-0.05, 0) is 17.7 Å². The number of nitrogens with zero attached hydrogens (tertiary/aromatic N) is 1. The average molecular weight is 255 g/mol. The summed E-state index contributed by atoms with van der Waals surface area (Å²) in [5, 5.41) is 2.87. The van der Waals surface area contributed by atoms with Gasteiger partial charge in [-0.1, -0.05) is 0 Å². The molecule has 0 aliphatic carbocycles. The third kappa shape index (κ3) is 5.01. The molecule has 3 N–H and O–H groups in total. The molecular weight excluding hydrogens is 237 g/mol. The zero-order valence-corrected chi connectivity index (χ0v) is 10.6. The summed E-state index contributed by atoms with van der Waals surface area (Å²) >= 11 is 0. The van der Waals surface area contributed by atoms with Gasteiger partial charge in [0.25, 0.3) is 0 Å². The monoisotopic (exact) mass is 255 g/mol. The van der Waals surface area contributed by atoms with E-state index in [0.717, 1.165) is 0 Å². The van der Waals surface area contributed by atoms with Gasteiger partial charge in [-0.3, -0.25) is 0 Å². The van der Waals surface area contributed by atoms with Crippen LogP contribution in [-0.4, -0.2) is 33.3 Å². The van der Waals surface area contributed by atoms with Crippen LogP contribution in [0.3, 0.4) is 0 Å². The third-order valence-electron chi connectivity index (χ3n) is 2.21. The molecule has 6 heteroatoms. The highest BCUT2D eigenvalue weighted by molar-refractivity contribution is 5.77. The number of guanidine groups is 1. The maximum absolute atomic E-state index is 13.2. The molecule has 5 nitrogen and oxygen atoms in total. The topological polar surface area (TPSA) is 68.9 Å². The van der Waals surface area contributed by atoms with Crippen LogP contribution in [0.4, 0.5) is 4.39 Å². The van der Waals surface area contributed by atoms with Crippen LogP contribution in [0.5, 0.6) is 5.75 Å². The molecule has 0 bridgehead atoms. The van der Waals surface area contributed by atoms with E-state index in [4.69, 9.17) is 15.2 Å². The fourth-order valence-electron chi connectivity index (χ4n) is 1.34. The third-order valence-corrected chi connectivity index (χ3v) is 2.21. The number of hydrogen-bond acceptors (Lipinski definition) is 3. The van der Waals surface area contributed by atoms with Gasteiger partial charge >= 0.3 is 0 Å². The van der Waals surface area contributed by atoms with Crippen molar-refractivity contribution in [3.63, 3.8) is 0 Å². The van der Waals surface area contributed by atoms with Crippen LogP contribution in [0.1, 0.15) is 5.56 Å². The first kappa shape index (κ1) is 14.2. The predicted molar refractivity (Wildman–Crippen MR) is 68.2 cm³/mol. The van der Waals surface area contributed by atoms with Crippen LogP contribution in [0, 0.1) is 5.82 Å². The van der Waals surface area contributed by atoms with Crippen LogP contribution < -0.4 is 15.8 Å². The lowest BCUT2D eigenvalue weighted by Gasteiger charge is -2.06. The SMILES string of the molecule is COCCNC(N)=NCc1cc(F)cc(OC)c1. The van der Waals surface area contributed by atoms with Gasteiger partial charge in [0, 0.05) is 19.7 Å². The number of rotatable bonds is 6. The van der Waals surface area contributed by atoms with Crippen LogP contribution >= 0.6 is 0 Å². The molecule has 0 radical (unpaired) electrons. The Morgan fingerprint density at radius 3 is 2.83 bits per heavy atom. The summed E-state index contributed by atoms with van der Waals surface area (Å²) in [5.74, 6) is 0.409. The van der Waals surface area contributed by atoms with Crippen molar-refractivity contribution in [3.8, 4) is 5.75 Å². The van der Waals surface area contributed by atoms with Crippen molar-refractivity contribution in [2.24, 2.45) is 10.7 Å². The molecule has 0 amide bonds. The van der Waals surface area contributed by atoms with E-state index in [1.54, 1.807) is 13.2 Å². The van der Waals surface area contributed by atoms with Crippen LogP contribution in [0.15, 0.2) is 23.2 Å². The number of hydrogen-bond donors (Lipinski definition) is 2. The lowest BCUT2D eigenvalue weighted by molar-refractivity contribution is 0.204. The summed E-state index contributed by atoms with van der Waals surface area (Å²) in [6.07, 6.45) is 0. The Kier molecular flexibility index (Phi) is 5.93. The largest absolute Gasteiger partial charge is 0.497 e. The molecular formula is C12H18FN3O2. The van der Waals surface area contributed by atoms with E-state index in [-0.39, 0.29) is 5.82 Å². The average Bonchev–Trinajstić information content (AvgIpc) is 2.36. The van der Waals surface area contributed by atoms with E-state index in [0.29, 0.717) is 37.0 Å². The first-order chi connectivity index (χ1) is 8.65. The van der Waals surface area contributed by atoms with Gasteiger partial charge in [-0.25, -0.2) is 9.38 Å². The van der Waals surface area contributed by atoms with Crippen molar-refractivity contribution >= 4 is 5.96 Å². The van der Waals surface area contributed by atoms with Crippen molar-refractivity contribution in [2.45, 2.75) is 6.54 Å². The molecule has 0 aromatic heterocycles. The Balaban J connectivity index is 2.56. The molecule has 1 aromatic carbocycles. The first-order valence-electron chi connectivity index (χ1n) is 5.52. The fraction of sp³-hybridized carbons (Fsp3) is 0.417. The van der Waals surface area contributed by atoms with Gasteiger partial charge in [0.15, 0.2) is 5.96 Å². The van der Waals surface area contributed by atoms with Crippen molar-refractivity contribution in [2.75, 3.05) is 27.4 Å². The Hall–Kier alpha value is -1.82. The van der Waals surface area contributed by atoms with Crippen molar-refractivity contribution in [3.05, 3.63) is 29.6 Å². The van der Waals surface area contributed by atoms with Crippen LogP contribution in [-0.2, 0) is 11.3 Å². The minimum atomic E-state index is -0.356. The molecule has 0 aliphatic rings. The Morgan fingerprint density at radius 2 is 2.17 bits per heavy atom. The smallest absolute Gasteiger partial charge is 0.188 e. The zero-order valence-electron chi connectivity index (χ0n) is 10.6. The molecule has 100 valence electrons. The van der Waals surface area contributed by atoms with Crippen LogP contribution in [0.25, 0.3) is 0 Å². The molecule has 18 heavy (non-hydrogen) atoms. The number of aliphatic imine (C=N–C) groups is 1.